The van der Waals surface area contributed by atoms with Crippen LogP contribution in [0.5, 0.6) is 5.75 Å². The fourth-order valence-electron chi connectivity index (χ4n) is 2.72. The number of halogens is 3. The first-order chi connectivity index (χ1) is 13.2. The van der Waals surface area contributed by atoms with E-state index >= 15 is 0 Å². The molecule has 3 aromatic rings. The van der Waals surface area contributed by atoms with E-state index in [1.54, 1.807) is 7.11 Å². The highest BCUT2D eigenvalue weighted by molar-refractivity contribution is 7.16. The summed E-state index contributed by atoms with van der Waals surface area (Å²) in [6, 6.07) is 9.74. The minimum absolute atomic E-state index is 0.127. The van der Waals surface area contributed by atoms with E-state index in [1.165, 1.54) is 11.3 Å². The highest BCUT2D eigenvalue weighted by Gasteiger charge is 2.30. The minimum atomic E-state index is -4.44. The van der Waals surface area contributed by atoms with Crippen LogP contribution in [-0.2, 0) is 6.18 Å². The van der Waals surface area contributed by atoms with E-state index in [2.05, 4.69) is 10.3 Å². The standard InChI is InChI=1S/C20H17F3N2O2S/c1-11-10-14(6-9-16(11)27-3)17-12(2)28-19(24-17)25-18(26)13-4-7-15(8-5-13)20(21,22)23/h4-10H,1-3H3,(H,24,25,26). The van der Waals surface area contributed by atoms with Crippen molar-refractivity contribution < 1.29 is 22.7 Å². The first kappa shape index (κ1) is 19.9. The van der Waals surface area contributed by atoms with Gasteiger partial charge in [-0.1, -0.05) is 0 Å². The number of methoxy groups -OCH3 is 1. The van der Waals surface area contributed by atoms with Crippen molar-refractivity contribution in [2.75, 3.05) is 12.4 Å². The highest BCUT2D eigenvalue weighted by Crippen LogP contribution is 2.33. The summed E-state index contributed by atoms with van der Waals surface area (Å²) in [7, 11) is 1.60. The maximum Gasteiger partial charge on any atom is 0.416 e. The van der Waals surface area contributed by atoms with Gasteiger partial charge in [0.15, 0.2) is 5.13 Å². The van der Waals surface area contributed by atoms with Crippen molar-refractivity contribution in [3.8, 4) is 17.0 Å². The van der Waals surface area contributed by atoms with Crippen molar-refractivity contribution >= 4 is 22.4 Å². The van der Waals surface area contributed by atoms with Crippen molar-refractivity contribution in [2.24, 2.45) is 0 Å². The fourth-order valence-corrected chi connectivity index (χ4v) is 3.55. The van der Waals surface area contributed by atoms with Crippen LogP contribution in [0.1, 0.15) is 26.4 Å². The van der Waals surface area contributed by atoms with Gasteiger partial charge in [0, 0.05) is 16.0 Å². The summed E-state index contributed by atoms with van der Waals surface area (Å²) in [4.78, 5) is 17.7. The van der Waals surface area contributed by atoms with Gasteiger partial charge in [-0.15, -0.1) is 11.3 Å². The van der Waals surface area contributed by atoms with Gasteiger partial charge in [-0.25, -0.2) is 4.98 Å². The maximum absolute atomic E-state index is 12.6. The fraction of sp³-hybridized carbons (Fsp3) is 0.200. The SMILES string of the molecule is COc1ccc(-c2nc(NC(=O)c3ccc(C(F)(F)F)cc3)sc2C)cc1C. The first-order valence-electron chi connectivity index (χ1n) is 8.30. The van der Waals surface area contributed by atoms with Gasteiger partial charge < -0.3 is 4.74 Å². The Hall–Kier alpha value is -2.87. The van der Waals surface area contributed by atoms with Crippen LogP contribution >= 0.6 is 11.3 Å². The number of benzene rings is 2. The molecule has 3 rings (SSSR count). The number of carbonyl (C=O) groups is 1. The molecule has 0 aliphatic heterocycles. The molecule has 1 N–H and O–H groups in total. The molecular weight excluding hydrogens is 389 g/mol. The van der Waals surface area contributed by atoms with Crippen LogP contribution in [0, 0.1) is 13.8 Å². The van der Waals surface area contributed by atoms with Gasteiger partial charge in [0.1, 0.15) is 5.75 Å². The number of nitrogens with one attached hydrogen (secondary N) is 1. The molecule has 1 heterocycles. The second-order valence-electron chi connectivity index (χ2n) is 6.14. The van der Waals surface area contributed by atoms with E-state index < -0.39 is 17.6 Å². The average Bonchev–Trinajstić information content (AvgIpc) is 3.01. The van der Waals surface area contributed by atoms with Gasteiger partial charge in [-0.3, -0.25) is 10.1 Å². The first-order valence-corrected chi connectivity index (χ1v) is 9.11. The number of thiazole rings is 1. The third kappa shape index (κ3) is 4.17. The molecule has 28 heavy (non-hydrogen) atoms. The Labute approximate surface area is 164 Å². The van der Waals surface area contributed by atoms with Crippen molar-refractivity contribution in [3.05, 3.63) is 64.0 Å². The Balaban J connectivity index is 1.79. The lowest BCUT2D eigenvalue weighted by atomic mass is 10.1. The van der Waals surface area contributed by atoms with Gasteiger partial charge >= 0.3 is 6.18 Å². The van der Waals surface area contributed by atoms with Gasteiger partial charge in [-0.2, -0.15) is 13.2 Å². The molecule has 8 heteroatoms. The molecule has 2 aromatic carbocycles. The zero-order valence-corrected chi connectivity index (χ0v) is 16.2. The van der Waals surface area contributed by atoms with Crippen LogP contribution in [0.25, 0.3) is 11.3 Å². The minimum Gasteiger partial charge on any atom is -0.496 e. The van der Waals surface area contributed by atoms with Crippen LogP contribution < -0.4 is 10.1 Å². The Morgan fingerprint density at radius 2 is 1.79 bits per heavy atom. The molecule has 1 aromatic heterocycles. The normalized spacial score (nSPS) is 11.4. The number of hydrogen-bond donors (Lipinski definition) is 1. The molecule has 0 spiro atoms. The summed E-state index contributed by atoms with van der Waals surface area (Å²) in [5, 5.41) is 3.03. The number of alkyl halides is 3. The molecule has 0 saturated carbocycles. The smallest absolute Gasteiger partial charge is 0.416 e. The number of aromatic nitrogens is 1. The predicted molar refractivity (Wildman–Crippen MR) is 103 cm³/mol. The quantitative estimate of drug-likeness (QED) is 0.604. The van der Waals surface area contributed by atoms with E-state index in [4.69, 9.17) is 4.74 Å². The van der Waals surface area contributed by atoms with E-state index in [1.807, 2.05) is 32.0 Å². The second-order valence-corrected chi connectivity index (χ2v) is 7.34. The van der Waals surface area contributed by atoms with Crippen LogP contribution in [0.15, 0.2) is 42.5 Å². The lowest BCUT2D eigenvalue weighted by molar-refractivity contribution is -0.137. The Kier molecular flexibility index (Phi) is 5.42. The third-order valence-corrected chi connectivity index (χ3v) is 5.05. The maximum atomic E-state index is 12.6. The van der Waals surface area contributed by atoms with Crippen molar-refractivity contribution in [1.29, 1.82) is 0 Å². The number of nitrogens with zero attached hydrogens (tertiary/aromatic N) is 1. The van der Waals surface area contributed by atoms with E-state index in [9.17, 15) is 18.0 Å². The van der Waals surface area contributed by atoms with Crippen LogP contribution in [0.3, 0.4) is 0 Å². The molecule has 0 fully saturated rings. The zero-order valence-electron chi connectivity index (χ0n) is 15.3. The topological polar surface area (TPSA) is 51.2 Å². The average molecular weight is 406 g/mol. The largest absolute Gasteiger partial charge is 0.496 e. The number of hydrogen-bond acceptors (Lipinski definition) is 4. The molecule has 0 atom stereocenters. The van der Waals surface area contributed by atoms with Gasteiger partial charge in [0.25, 0.3) is 5.91 Å². The van der Waals surface area contributed by atoms with Crippen LogP contribution in [0.4, 0.5) is 18.3 Å². The molecule has 1 amide bonds. The predicted octanol–water partition coefficient (Wildman–Crippen LogP) is 5.71. The zero-order chi connectivity index (χ0) is 20.5. The van der Waals surface area contributed by atoms with E-state index in [0.29, 0.717) is 5.13 Å². The summed E-state index contributed by atoms with van der Waals surface area (Å²) < 4.78 is 43.2. The number of aryl methyl sites for hydroxylation is 2. The number of ether oxygens (including phenoxy) is 1. The lowest BCUT2D eigenvalue weighted by Crippen LogP contribution is -2.12. The summed E-state index contributed by atoms with van der Waals surface area (Å²) >= 11 is 1.30. The Morgan fingerprint density at radius 1 is 1.11 bits per heavy atom. The third-order valence-electron chi connectivity index (χ3n) is 4.16. The number of rotatable bonds is 4. The van der Waals surface area contributed by atoms with Gasteiger partial charge in [0.05, 0.1) is 18.4 Å². The Bertz CT molecular complexity index is 1010. The van der Waals surface area contributed by atoms with E-state index in [0.717, 1.165) is 51.7 Å². The van der Waals surface area contributed by atoms with Gasteiger partial charge in [0.2, 0.25) is 0 Å². The molecular formula is C20H17F3N2O2S. The molecule has 0 aliphatic rings. The summed E-state index contributed by atoms with van der Waals surface area (Å²) in [5.74, 6) is 0.257. The van der Waals surface area contributed by atoms with Crippen molar-refractivity contribution in [3.63, 3.8) is 0 Å². The number of anilines is 1. The molecule has 4 nitrogen and oxygen atoms in total. The molecule has 0 aliphatic carbocycles. The van der Waals surface area contributed by atoms with Gasteiger partial charge in [-0.05, 0) is 61.9 Å². The van der Waals surface area contributed by atoms with Crippen molar-refractivity contribution in [1.82, 2.24) is 4.98 Å². The van der Waals surface area contributed by atoms with Crippen LogP contribution in [-0.4, -0.2) is 18.0 Å². The Morgan fingerprint density at radius 3 is 2.36 bits per heavy atom. The monoisotopic (exact) mass is 406 g/mol. The summed E-state index contributed by atoms with van der Waals surface area (Å²) in [5.41, 5.74) is 1.91. The summed E-state index contributed by atoms with van der Waals surface area (Å²) in [6.45, 7) is 3.82. The number of carbonyl (C=O) groups excluding carboxylic acids is 1. The van der Waals surface area contributed by atoms with Crippen molar-refractivity contribution in [2.45, 2.75) is 20.0 Å². The summed E-state index contributed by atoms with van der Waals surface area (Å²) in [6.07, 6.45) is -4.44. The highest BCUT2D eigenvalue weighted by atomic mass is 32.1. The molecule has 146 valence electrons. The molecule has 0 bridgehead atoms. The second kappa shape index (κ2) is 7.63. The number of amides is 1. The molecule has 0 radical (unpaired) electrons. The van der Waals surface area contributed by atoms with E-state index in [-0.39, 0.29) is 5.56 Å². The van der Waals surface area contributed by atoms with Crippen LogP contribution in [0.2, 0.25) is 0 Å². The molecule has 0 saturated heterocycles. The lowest BCUT2D eigenvalue weighted by Gasteiger charge is -2.07. The molecule has 0 unspecified atom stereocenters.